The van der Waals surface area contributed by atoms with E-state index in [1.54, 1.807) is 0 Å². The molecule has 5 nitrogen and oxygen atoms in total. The van der Waals surface area contributed by atoms with Gasteiger partial charge >= 0.3 is 5.97 Å². The molecule has 0 N–H and O–H groups in total. The lowest BCUT2D eigenvalue weighted by Gasteiger charge is -2.38. The Morgan fingerprint density at radius 2 is 2.10 bits per heavy atom. The average molecular weight is 298 g/mol. The summed E-state index contributed by atoms with van der Waals surface area (Å²) in [6, 6.07) is 0. The van der Waals surface area contributed by atoms with Gasteiger partial charge in [0, 0.05) is 32.7 Å². The molecule has 2 aliphatic heterocycles. The summed E-state index contributed by atoms with van der Waals surface area (Å²) in [6.45, 7) is 11.4. The second-order valence-corrected chi connectivity index (χ2v) is 6.77. The monoisotopic (exact) mass is 298 g/mol. The van der Waals surface area contributed by atoms with E-state index < -0.39 is 0 Å². The van der Waals surface area contributed by atoms with E-state index in [1.165, 1.54) is 7.11 Å². The van der Waals surface area contributed by atoms with Gasteiger partial charge in [0.15, 0.2) is 0 Å². The number of likely N-dealkylation sites (tertiary alicyclic amines) is 1. The molecule has 122 valence electrons. The molecular formula is C16H30N2O3. The van der Waals surface area contributed by atoms with E-state index in [1.807, 2.05) is 0 Å². The van der Waals surface area contributed by atoms with Crippen LogP contribution in [0.5, 0.6) is 0 Å². The number of piperidine rings is 1. The van der Waals surface area contributed by atoms with Crippen molar-refractivity contribution < 1.29 is 14.3 Å². The molecule has 0 spiro atoms. The molecule has 2 atom stereocenters. The number of esters is 1. The first kappa shape index (κ1) is 16.7. The van der Waals surface area contributed by atoms with Gasteiger partial charge in [0.1, 0.15) is 0 Å². The minimum Gasteiger partial charge on any atom is -0.469 e. The van der Waals surface area contributed by atoms with E-state index in [9.17, 15) is 4.79 Å². The van der Waals surface area contributed by atoms with E-state index in [4.69, 9.17) is 9.47 Å². The molecule has 2 heterocycles. The van der Waals surface area contributed by atoms with Gasteiger partial charge in [-0.3, -0.25) is 14.6 Å². The average Bonchev–Trinajstić information content (AvgIpc) is 2.46. The Morgan fingerprint density at radius 1 is 1.29 bits per heavy atom. The maximum atomic E-state index is 11.7. The largest absolute Gasteiger partial charge is 0.469 e. The highest BCUT2D eigenvalue weighted by Crippen LogP contribution is 2.19. The molecule has 2 aliphatic rings. The summed E-state index contributed by atoms with van der Waals surface area (Å²) in [7, 11) is 1.48. The summed E-state index contributed by atoms with van der Waals surface area (Å²) in [5, 5.41) is 0. The lowest BCUT2D eigenvalue weighted by molar-refractivity contribution is -0.147. The van der Waals surface area contributed by atoms with Crippen molar-refractivity contribution in [3.63, 3.8) is 0 Å². The second kappa shape index (κ2) is 8.11. The topological polar surface area (TPSA) is 42.0 Å². The normalized spacial score (nSPS) is 28.8. The predicted octanol–water partition coefficient (Wildman–Crippen LogP) is 1.23. The number of hydrogen-bond donors (Lipinski definition) is 0. The van der Waals surface area contributed by atoms with E-state index >= 15 is 0 Å². The molecule has 0 amide bonds. The summed E-state index contributed by atoms with van der Waals surface area (Å²) >= 11 is 0. The quantitative estimate of drug-likeness (QED) is 0.714. The van der Waals surface area contributed by atoms with Crippen LogP contribution in [0.4, 0.5) is 0 Å². The molecule has 2 rings (SSSR count). The highest BCUT2D eigenvalue weighted by molar-refractivity contribution is 5.72. The molecular weight excluding hydrogens is 268 g/mol. The van der Waals surface area contributed by atoms with Crippen molar-refractivity contribution in [1.82, 2.24) is 9.80 Å². The van der Waals surface area contributed by atoms with Crippen LogP contribution in [0, 0.1) is 11.8 Å². The number of methoxy groups -OCH3 is 1. The number of morpholine rings is 1. The Morgan fingerprint density at radius 3 is 2.81 bits per heavy atom. The third-order valence-corrected chi connectivity index (χ3v) is 4.35. The van der Waals surface area contributed by atoms with Crippen molar-refractivity contribution in [2.24, 2.45) is 11.8 Å². The molecule has 21 heavy (non-hydrogen) atoms. The number of carbonyl (C=O) groups excluding carboxylic acids is 1. The molecule has 0 aromatic heterocycles. The summed E-state index contributed by atoms with van der Waals surface area (Å²) in [6.07, 6.45) is 2.30. The summed E-state index contributed by atoms with van der Waals surface area (Å²) in [5.74, 6) is 0.673. The molecule has 0 saturated carbocycles. The Balaban J connectivity index is 1.79. The fraction of sp³-hybridized carbons (Fsp3) is 0.938. The zero-order chi connectivity index (χ0) is 15.2. The van der Waals surface area contributed by atoms with Crippen LogP contribution >= 0.6 is 0 Å². The molecule has 0 bridgehead atoms. The molecule has 5 heteroatoms. The number of carbonyl (C=O) groups is 1. The van der Waals surface area contributed by atoms with Crippen LogP contribution in [-0.2, 0) is 14.3 Å². The lowest BCUT2D eigenvalue weighted by atomic mass is 9.98. The van der Waals surface area contributed by atoms with Crippen molar-refractivity contribution in [3.05, 3.63) is 0 Å². The van der Waals surface area contributed by atoms with Gasteiger partial charge in [-0.25, -0.2) is 0 Å². The fourth-order valence-corrected chi connectivity index (χ4v) is 3.44. The van der Waals surface area contributed by atoms with Crippen molar-refractivity contribution in [2.75, 3.05) is 53.0 Å². The van der Waals surface area contributed by atoms with Crippen molar-refractivity contribution in [2.45, 2.75) is 32.8 Å². The van der Waals surface area contributed by atoms with Crippen LogP contribution in [0.2, 0.25) is 0 Å². The van der Waals surface area contributed by atoms with Crippen LogP contribution in [0.25, 0.3) is 0 Å². The minimum absolute atomic E-state index is 0.0408. The minimum atomic E-state index is -0.0642. The number of ether oxygens (including phenoxy) is 2. The Labute approximate surface area is 128 Å². The lowest BCUT2D eigenvalue weighted by Crippen LogP contribution is -2.50. The Kier molecular flexibility index (Phi) is 6.45. The van der Waals surface area contributed by atoms with E-state index in [-0.39, 0.29) is 18.0 Å². The van der Waals surface area contributed by atoms with Gasteiger partial charge in [-0.15, -0.1) is 0 Å². The second-order valence-electron chi connectivity index (χ2n) is 6.77. The third-order valence-electron chi connectivity index (χ3n) is 4.35. The zero-order valence-corrected chi connectivity index (χ0v) is 13.7. The molecule has 0 aromatic carbocycles. The van der Waals surface area contributed by atoms with Gasteiger partial charge in [-0.1, -0.05) is 13.8 Å². The van der Waals surface area contributed by atoms with Gasteiger partial charge < -0.3 is 9.47 Å². The molecule has 2 saturated heterocycles. The van der Waals surface area contributed by atoms with Crippen molar-refractivity contribution in [3.8, 4) is 0 Å². The van der Waals surface area contributed by atoms with E-state index in [0.29, 0.717) is 5.92 Å². The first-order chi connectivity index (χ1) is 10.1. The predicted molar refractivity (Wildman–Crippen MR) is 82.2 cm³/mol. The number of rotatable bonds is 5. The molecule has 0 aliphatic carbocycles. The third kappa shape index (κ3) is 5.24. The van der Waals surface area contributed by atoms with Gasteiger partial charge in [0.25, 0.3) is 0 Å². The van der Waals surface area contributed by atoms with Crippen LogP contribution in [-0.4, -0.2) is 74.9 Å². The maximum absolute atomic E-state index is 11.7. The highest BCUT2D eigenvalue weighted by Gasteiger charge is 2.29. The summed E-state index contributed by atoms with van der Waals surface area (Å²) < 4.78 is 10.8. The maximum Gasteiger partial charge on any atom is 0.309 e. The first-order valence-electron chi connectivity index (χ1n) is 8.22. The summed E-state index contributed by atoms with van der Waals surface area (Å²) in [4.78, 5) is 16.6. The van der Waals surface area contributed by atoms with Gasteiger partial charge in [0.05, 0.1) is 25.7 Å². The fourth-order valence-electron chi connectivity index (χ4n) is 3.44. The summed E-state index contributed by atoms with van der Waals surface area (Å²) in [5.41, 5.74) is 0. The zero-order valence-electron chi connectivity index (χ0n) is 13.7. The van der Waals surface area contributed by atoms with Gasteiger partial charge in [0.2, 0.25) is 0 Å². The first-order valence-corrected chi connectivity index (χ1v) is 8.22. The van der Waals surface area contributed by atoms with Gasteiger partial charge in [-0.05, 0) is 25.3 Å². The van der Waals surface area contributed by atoms with E-state index in [2.05, 4.69) is 23.6 Å². The number of nitrogens with zero attached hydrogens (tertiary/aromatic N) is 2. The number of hydrogen-bond acceptors (Lipinski definition) is 5. The van der Waals surface area contributed by atoms with Crippen LogP contribution in [0.3, 0.4) is 0 Å². The van der Waals surface area contributed by atoms with Crippen LogP contribution < -0.4 is 0 Å². The highest BCUT2D eigenvalue weighted by atomic mass is 16.5. The molecule has 0 aromatic rings. The van der Waals surface area contributed by atoms with Crippen molar-refractivity contribution >= 4 is 5.97 Å². The van der Waals surface area contributed by atoms with Gasteiger partial charge in [-0.2, -0.15) is 0 Å². The van der Waals surface area contributed by atoms with Crippen LogP contribution in [0.15, 0.2) is 0 Å². The Hall–Kier alpha value is -0.650. The standard InChI is InChI=1S/C16H30N2O3/c1-13(2)9-18-7-8-21-15(12-18)11-17-6-4-5-14(10-17)16(19)20-3/h13-15H,4-12H2,1-3H3/t14-,15?/m0/s1. The molecule has 2 fully saturated rings. The van der Waals surface area contributed by atoms with Crippen molar-refractivity contribution in [1.29, 1.82) is 0 Å². The SMILES string of the molecule is COC(=O)[C@H]1CCCN(CC2CN(CC(C)C)CCO2)C1. The van der Waals surface area contributed by atoms with Crippen LogP contribution in [0.1, 0.15) is 26.7 Å². The molecule has 0 radical (unpaired) electrons. The molecule has 1 unspecified atom stereocenters. The smallest absolute Gasteiger partial charge is 0.309 e. The van der Waals surface area contributed by atoms with E-state index in [0.717, 1.165) is 58.7 Å². The Bertz CT molecular complexity index is 335.